The summed E-state index contributed by atoms with van der Waals surface area (Å²) in [6.45, 7) is 0. The number of para-hydroxylation sites is 2. The molecule has 3 nitrogen and oxygen atoms in total. The molecular weight excluding hydrogens is 911 g/mol. The minimum absolute atomic E-state index is 0.848. The Balaban J connectivity index is 0.898. The van der Waals surface area contributed by atoms with Crippen molar-refractivity contribution < 1.29 is 8.83 Å². The van der Waals surface area contributed by atoms with E-state index in [4.69, 9.17) is 8.83 Å². The second kappa shape index (κ2) is 18.6. The molecule has 2 heterocycles. The molecule has 0 unspecified atom stereocenters. The molecule has 0 saturated carbocycles. The third-order valence-corrected chi connectivity index (χ3v) is 14.8. The van der Waals surface area contributed by atoms with Crippen LogP contribution in [-0.4, -0.2) is 0 Å². The number of anilines is 3. The highest BCUT2D eigenvalue weighted by atomic mass is 16.3. The van der Waals surface area contributed by atoms with Crippen LogP contribution in [0.5, 0.6) is 0 Å². The molecule has 12 aromatic carbocycles. The Morgan fingerprint density at radius 3 is 0.827 bits per heavy atom. The molecular formula is C72H47NO2. The number of fused-ring (bicyclic) bond motifs is 6. The molecule has 14 rings (SSSR count). The topological polar surface area (TPSA) is 29.5 Å². The zero-order valence-electron chi connectivity index (χ0n) is 40.9. The second-order valence-electron chi connectivity index (χ2n) is 19.1. The van der Waals surface area contributed by atoms with Gasteiger partial charge >= 0.3 is 0 Å². The molecule has 0 radical (unpaired) electrons. The van der Waals surface area contributed by atoms with Gasteiger partial charge in [-0.1, -0.05) is 212 Å². The molecule has 75 heavy (non-hydrogen) atoms. The summed E-state index contributed by atoms with van der Waals surface area (Å²) in [6.07, 6.45) is 0. The van der Waals surface area contributed by atoms with E-state index in [1.807, 2.05) is 12.1 Å². The zero-order chi connectivity index (χ0) is 49.7. The SMILES string of the molecule is c1ccc(-c2ccc(-c3ccc(N(c4ccc(-c5ccc(-c6ccccc6)cc5)cc4)c4ccc(-c5c(-c6ccc7oc8ccccc8c7c6-c6ccccc6)ccc6oc7ccccc7c56)cc4)cc3)cc2)cc1. The fraction of sp³-hybridized carbons (Fsp3) is 0. The van der Waals surface area contributed by atoms with E-state index >= 15 is 0 Å². The molecule has 14 aromatic rings. The Morgan fingerprint density at radius 1 is 0.200 bits per heavy atom. The van der Waals surface area contributed by atoms with Gasteiger partial charge in [0.1, 0.15) is 22.3 Å². The monoisotopic (exact) mass is 957 g/mol. The molecule has 0 amide bonds. The molecule has 0 fully saturated rings. The lowest BCUT2D eigenvalue weighted by Gasteiger charge is -2.26. The Bertz CT molecular complexity index is 4200. The van der Waals surface area contributed by atoms with E-state index in [0.29, 0.717) is 0 Å². The molecule has 0 aliphatic carbocycles. The fourth-order valence-electron chi connectivity index (χ4n) is 11.1. The lowest BCUT2D eigenvalue weighted by atomic mass is 9.85. The van der Waals surface area contributed by atoms with E-state index in [-0.39, 0.29) is 0 Å². The number of furan rings is 2. The van der Waals surface area contributed by atoms with Crippen molar-refractivity contribution in [1.29, 1.82) is 0 Å². The first-order chi connectivity index (χ1) is 37.2. The quantitative estimate of drug-likeness (QED) is 0.137. The Morgan fingerprint density at radius 2 is 0.467 bits per heavy atom. The summed E-state index contributed by atoms with van der Waals surface area (Å²) in [7, 11) is 0. The van der Waals surface area contributed by atoms with Crippen LogP contribution in [0.1, 0.15) is 0 Å². The third-order valence-electron chi connectivity index (χ3n) is 14.8. The largest absolute Gasteiger partial charge is 0.456 e. The maximum absolute atomic E-state index is 6.63. The van der Waals surface area contributed by atoms with Crippen LogP contribution in [-0.2, 0) is 0 Å². The number of benzene rings is 12. The van der Waals surface area contributed by atoms with Crippen molar-refractivity contribution in [2.45, 2.75) is 0 Å². The van der Waals surface area contributed by atoms with E-state index in [2.05, 4.69) is 278 Å². The molecule has 0 N–H and O–H groups in total. The van der Waals surface area contributed by atoms with E-state index in [1.54, 1.807) is 0 Å². The van der Waals surface area contributed by atoms with E-state index in [1.165, 1.54) is 33.4 Å². The van der Waals surface area contributed by atoms with Crippen molar-refractivity contribution >= 4 is 60.9 Å². The van der Waals surface area contributed by atoms with Crippen molar-refractivity contribution in [2.75, 3.05) is 4.90 Å². The van der Waals surface area contributed by atoms with Crippen molar-refractivity contribution in [3.05, 3.63) is 285 Å². The van der Waals surface area contributed by atoms with Gasteiger partial charge in [-0.05, 0) is 140 Å². The van der Waals surface area contributed by atoms with Gasteiger partial charge in [-0.2, -0.15) is 0 Å². The van der Waals surface area contributed by atoms with Crippen molar-refractivity contribution in [2.24, 2.45) is 0 Å². The molecule has 0 aliphatic heterocycles. The Kier molecular flexibility index (Phi) is 10.8. The van der Waals surface area contributed by atoms with Gasteiger partial charge in [0.25, 0.3) is 0 Å². The smallest absolute Gasteiger partial charge is 0.136 e. The van der Waals surface area contributed by atoms with E-state index < -0.39 is 0 Å². The molecule has 3 heteroatoms. The van der Waals surface area contributed by atoms with Gasteiger partial charge in [0.15, 0.2) is 0 Å². The van der Waals surface area contributed by atoms with Crippen LogP contribution in [0.15, 0.2) is 294 Å². The second-order valence-corrected chi connectivity index (χ2v) is 19.1. The average Bonchev–Trinajstić information content (AvgIpc) is 4.07. The van der Waals surface area contributed by atoms with Crippen LogP contribution < -0.4 is 4.90 Å². The van der Waals surface area contributed by atoms with Crippen LogP contribution in [0, 0.1) is 0 Å². The van der Waals surface area contributed by atoms with Gasteiger partial charge in [0, 0.05) is 49.7 Å². The maximum Gasteiger partial charge on any atom is 0.136 e. The minimum Gasteiger partial charge on any atom is -0.456 e. The number of hydrogen-bond donors (Lipinski definition) is 0. The maximum atomic E-state index is 6.63. The number of hydrogen-bond acceptors (Lipinski definition) is 3. The first-order valence-electron chi connectivity index (χ1n) is 25.6. The summed E-state index contributed by atoms with van der Waals surface area (Å²) in [5, 5.41) is 4.37. The molecule has 352 valence electrons. The van der Waals surface area contributed by atoms with Gasteiger partial charge in [-0.3, -0.25) is 0 Å². The summed E-state index contributed by atoms with van der Waals surface area (Å²) in [5.41, 5.74) is 22.8. The first kappa shape index (κ1) is 43.8. The van der Waals surface area contributed by atoms with Gasteiger partial charge < -0.3 is 13.7 Å². The van der Waals surface area contributed by atoms with Crippen LogP contribution in [0.4, 0.5) is 17.1 Å². The summed E-state index contributed by atoms with van der Waals surface area (Å²) < 4.78 is 13.1. The van der Waals surface area contributed by atoms with Crippen molar-refractivity contribution in [3.8, 4) is 77.9 Å². The minimum atomic E-state index is 0.848. The van der Waals surface area contributed by atoms with Crippen molar-refractivity contribution in [1.82, 2.24) is 0 Å². The first-order valence-corrected chi connectivity index (χ1v) is 25.6. The zero-order valence-corrected chi connectivity index (χ0v) is 40.9. The van der Waals surface area contributed by atoms with Gasteiger partial charge in [0.2, 0.25) is 0 Å². The normalized spacial score (nSPS) is 11.5. The van der Waals surface area contributed by atoms with E-state index in [0.717, 1.165) is 105 Å². The summed E-state index contributed by atoms with van der Waals surface area (Å²) in [6, 6.07) is 102. The summed E-state index contributed by atoms with van der Waals surface area (Å²) in [5.74, 6) is 0. The summed E-state index contributed by atoms with van der Waals surface area (Å²) in [4.78, 5) is 2.36. The third kappa shape index (κ3) is 7.95. The highest BCUT2D eigenvalue weighted by molar-refractivity contribution is 6.20. The van der Waals surface area contributed by atoms with Crippen molar-refractivity contribution in [3.63, 3.8) is 0 Å². The highest BCUT2D eigenvalue weighted by Crippen LogP contribution is 2.49. The molecule has 0 bridgehead atoms. The number of nitrogens with zero attached hydrogens (tertiary/aromatic N) is 1. The lowest BCUT2D eigenvalue weighted by molar-refractivity contribution is 0.668. The van der Waals surface area contributed by atoms with Crippen LogP contribution in [0.2, 0.25) is 0 Å². The molecule has 0 saturated heterocycles. The summed E-state index contributed by atoms with van der Waals surface area (Å²) >= 11 is 0. The molecule has 0 aliphatic rings. The standard InChI is InChI=1S/C72H47NO2/c1-4-14-48(15-5-1)50-24-28-52(29-25-50)54-32-38-58(39-33-54)73(59-40-34-55(35-41-59)53-30-26-51(27-31-53)49-16-6-2-7-17-49)60-42-36-57(37-43-60)70-62(45-47-68-72(70)64-21-11-13-23-66(64)75-68)61-44-46-67-71(63-20-10-12-22-65(63)74-67)69(61)56-18-8-3-9-19-56/h1-47H. The molecule has 2 aromatic heterocycles. The lowest BCUT2D eigenvalue weighted by Crippen LogP contribution is -2.09. The average molecular weight is 958 g/mol. The fourth-order valence-corrected chi connectivity index (χ4v) is 11.1. The Labute approximate surface area is 435 Å². The molecule has 0 spiro atoms. The van der Waals surface area contributed by atoms with Gasteiger partial charge in [-0.25, -0.2) is 0 Å². The van der Waals surface area contributed by atoms with Crippen LogP contribution >= 0.6 is 0 Å². The number of rotatable bonds is 10. The van der Waals surface area contributed by atoms with Gasteiger partial charge in [0.05, 0.1) is 0 Å². The molecule has 0 atom stereocenters. The predicted molar refractivity (Wildman–Crippen MR) is 314 cm³/mol. The van der Waals surface area contributed by atoms with Gasteiger partial charge in [-0.15, -0.1) is 0 Å². The Hall–Kier alpha value is -9.96. The predicted octanol–water partition coefficient (Wildman–Crippen LogP) is 20.6. The van der Waals surface area contributed by atoms with Crippen LogP contribution in [0.25, 0.3) is 122 Å². The highest BCUT2D eigenvalue weighted by Gasteiger charge is 2.24. The van der Waals surface area contributed by atoms with E-state index in [9.17, 15) is 0 Å². The van der Waals surface area contributed by atoms with Crippen LogP contribution in [0.3, 0.4) is 0 Å².